The third-order valence-electron chi connectivity index (χ3n) is 2.12. The second kappa shape index (κ2) is 3.97. The Labute approximate surface area is 70.3 Å². The first-order valence-corrected chi connectivity index (χ1v) is 4.91. The highest BCUT2D eigenvalue weighted by molar-refractivity contribution is 7.99. The summed E-state index contributed by atoms with van der Waals surface area (Å²) in [4.78, 5) is 10.7. The van der Waals surface area contributed by atoms with Crippen LogP contribution in [0.4, 0.5) is 0 Å². The summed E-state index contributed by atoms with van der Waals surface area (Å²) in [5.74, 6) is 1.10. The summed E-state index contributed by atoms with van der Waals surface area (Å²) >= 11 is 1.71. The van der Waals surface area contributed by atoms with Crippen LogP contribution < -0.4 is 5.73 Å². The van der Waals surface area contributed by atoms with Crippen LogP contribution in [0, 0.1) is 11.8 Å². The Hall–Kier alpha value is -0.220. The van der Waals surface area contributed by atoms with Crippen molar-refractivity contribution in [2.75, 3.05) is 18.1 Å². The zero-order valence-corrected chi connectivity index (χ0v) is 7.14. The van der Waals surface area contributed by atoms with E-state index in [1.54, 1.807) is 11.8 Å². The van der Waals surface area contributed by atoms with Crippen LogP contribution in [0.1, 0.15) is 6.42 Å². The van der Waals surface area contributed by atoms with Crippen molar-refractivity contribution < 1.29 is 9.90 Å². The fourth-order valence-electron chi connectivity index (χ4n) is 1.34. The van der Waals surface area contributed by atoms with Crippen molar-refractivity contribution >= 4 is 17.7 Å². The van der Waals surface area contributed by atoms with E-state index in [4.69, 9.17) is 10.8 Å². The highest BCUT2D eigenvalue weighted by atomic mass is 32.2. The van der Waals surface area contributed by atoms with Gasteiger partial charge in [-0.05, 0) is 24.6 Å². The van der Waals surface area contributed by atoms with Gasteiger partial charge in [0.1, 0.15) is 0 Å². The molecular weight excluding hydrogens is 162 g/mol. The van der Waals surface area contributed by atoms with Gasteiger partial charge in [-0.2, -0.15) is 11.8 Å². The maximum atomic E-state index is 10.7. The highest BCUT2D eigenvalue weighted by Crippen LogP contribution is 2.27. The van der Waals surface area contributed by atoms with E-state index in [0.29, 0.717) is 6.54 Å². The van der Waals surface area contributed by atoms with Gasteiger partial charge in [-0.25, -0.2) is 0 Å². The minimum Gasteiger partial charge on any atom is -0.481 e. The molecule has 64 valence electrons. The van der Waals surface area contributed by atoms with Crippen LogP contribution in [0.25, 0.3) is 0 Å². The van der Waals surface area contributed by atoms with Crippen LogP contribution in [0.15, 0.2) is 0 Å². The Morgan fingerprint density at radius 1 is 1.73 bits per heavy atom. The number of nitrogens with two attached hydrogens (primary N) is 1. The zero-order chi connectivity index (χ0) is 8.27. The SMILES string of the molecule is NCC1CCSCC1C(=O)O. The van der Waals surface area contributed by atoms with Gasteiger partial charge in [0.25, 0.3) is 0 Å². The van der Waals surface area contributed by atoms with Crippen LogP contribution in [0.2, 0.25) is 0 Å². The lowest BCUT2D eigenvalue weighted by molar-refractivity contribution is -0.142. The molecule has 0 saturated carbocycles. The molecule has 0 aromatic carbocycles. The standard InChI is InChI=1S/C7H13NO2S/c8-3-5-1-2-11-4-6(5)7(9)10/h5-6H,1-4,8H2,(H,9,10). The molecule has 0 bridgehead atoms. The molecule has 0 aromatic rings. The molecule has 1 heterocycles. The Bertz CT molecular complexity index is 151. The largest absolute Gasteiger partial charge is 0.481 e. The fraction of sp³-hybridized carbons (Fsp3) is 0.857. The van der Waals surface area contributed by atoms with Crippen LogP contribution >= 0.6 is 11.8 Å². The Kier molecular flexibility index (Phi) is 3.20. The van der Waals surface area contributed by atoms with E-state index < -0.39 is 5.97 Å². The molecule has 0 amide bonds. The lowest BCUT2D eigenvalue weighted by Gasteiger charge is -2.26. The molecule has 1 aliphatic heterocycles. The first-order chi connectivity index (χ1) is 5.25. The van der Waals surface area contributed by atoms with Crippen molar-refractivity contribution in [2.45, 2.75) is 6.42 Å². The second-order valence-electron chi connectivity index (χ2n) is 2.80. The summed E-state index contributed by atoms with van der Waals surface area (Å²) in [6.45, 7) is 0.511. The topological polar surface area (TPSA) is 63.3 Å². The van der Waals surface area contributed by atoms with Gasteiger partial charge in [-0.1, -0.05) is 0 Å². The summed E-state index contributed by atoms with van der Waals surface area (Å²) < 4.78 is 0. The van der Waals surface area contributed by atoms with Gasteiger partial charge in [-0.15, -0.1) is 0 Å². The third-order valence-corrected chi connectivity index (χ3v) is 3.24. The Morgan fingerprint density at radius 2 is 2.45 bits per heavy atom. The highest BCUT2D eigenvalue weighted by Gasteiger charge is 2.29. The van der Waals surface area contributed by atoms with E-state index in [2.05, 4.69) is 0 Å². The predicted octanol–water partition coefficient (Wildman–Crippen LogP) is 0.399. The molecule has 3 N–H and O–H groups in total. The summed E-state index contributed by atoms with van der Waals surface area (Å²) in [6.07, 6.45) is 0.956. The maximum Gasteiger partial charge on any atom is 0.307 e. The lowest BCUT2D eigenvalue weighted by atomic mass is 9.91. The van der Waals surface area contributed by atoms with Gasteiger partial charge < -0.3 is 10.8 Å². The average molecular weight is 175 g/mol. The second-order valence-corrected chi connectivity index (χ2v) is 3.95. The monoisotopic (exact) mass is 175 g/mol. The molecular formula is C7H13NO2S. The molecule has 4 heteroatoms. The van der Waals surface area contributed by atoms with Crippen molar-refractivity contribution in [3.8, 4) is 0 Å². The number of carbonyl (C=O) groups is 1. The summed E-state index contributed by atoms with van der Waals surface area (Å²) in [7, 11) is 0. The van der Waals surface area contributed by atoms with E-state index >= 15 is 0 Å². The van der Waals surface area contributed by atoms with Crippen molar-refractivity contribution in [3.05, 3.63) is 0 Å². The van der Waals surface area contributed by atoms with Gasteiger partial charge in [0.05, 0.1) is 5.92 Å². The van der Waals surface area contributed by atoms with Crippen molar-refractivity contribution in [2.24, 2.45) is 17.6 Å². The lowest BCUT2D eigenvalue weighted by Crippen LogP contribution is -2.34. The summed E-state index contributed by atoms with van der Waals surface area (Å²) in [5, 5.41) is 8.77. The van der Waals surface area contributed by atoms with Gasteiger partial charge in [-0.3, -0.25) is 4.79 Å². The molecule has 3 nitrogen and oxygen atoms in total. The van der Waals surface area contributed by atoms with Crippen LogP contribution in [-0.4, -0.2) is 29.1 Å². The van der Waals surface area contributed by atoms with Gasteiger partial charge >= 0.3 is 5.97 Å². The molecule has 1 fully saturated rings. The third kappa shape index (κ3) is 2.10. The van der Waals surface area contributed by atoms with Gasteiger partial charge in [0.15, 0.2) is 0 Å². The Morgan fingerprint density at radius 3 is 2.91 bits per heavy atom. The van der Waals surface area contributed by atoms with Crippen molar-refractivity contribution in [1.29, 1.82) is 0 Å². The molecule has 2 unspecified atom stereocenters. The number of carboxylic acid groups (broad SMARTS) is 1. The normalized spacial score (nSPS) is 31.7. The van der Waals surface area contributed by atoms with Crippen LogP contribution in [0.3, 0.4) is 0 Å². The number of thioether (sulfide) groups is 1. The molecule has 0 spiro atoms. The van der Waals surface area contributed by atoms with E-state index in [0.717, 1.165) is 17.9 Å². The first kappa shape index (κ1) is 8.87. The number of hydrogen-bond acceptors (Lipinski definition) is 3. The quantitative estimate of drug-likeness (QED) is 0.637. The van der Waals surface area contributed by atoms with Crippen LogP contribution in [0.5, 0.6) is 0 Å². The molecule has 2 atom stereocenters. The molecule has 0 radical (unpaired) electrons. The van der Waals surface area contributed by atoms with E-state index in [9.17, 15) is 4.79 Å². The van der Waals surface area contributed by atoms with Gasteiger partial charge in [0, 0.05) is 5.75 Å². The minimum atomic E-state index is -0.687. The number of carboxylic acids is 1. The molecule has 11 heavy (non-hydrogen) atoms. The summed E-state index contributed by atoms with van der Waals surface area (Å²) in [6, 6.07) is 0. The maximum absolute atomic E-state index is 10.7. The number of aliphatic carboxylic acids is 1. The van der Waals surface area contributed by atoms with E-state index in [1.165, 1.54) is 0 Å². The minimum absolute atomic E-state index is 0.203. The number of rotatable bonds is 2. The first-order valence-electron chi connectivity index (χ1n) is 3.76. The predicted molar refractivity (Wildman–Crippen MR) is 45.6 cm³/mol. The zero-order valence-electron chi connectivity index (χ0n) is 6.32. The molecule has 1 aliphatic rings. The molecule has 1 rings (SSSR count). The van der Waals surface area contributed by atoms with Crippen LogP contribution in [-0.2, 0) is 4.79 Å². The fourth-order valence-corrected chi connectivity index (χ4v) is 2.64. The van der Waals surface area contributed by atoms with E-state index in [1.807, 2.05) is 0 Å². The van der Waals surface area contributed by atoms with Gasteiger partial charge in [0.2, 0.25) is 0 Å². The molecule has 0 aromatic heterocycles. The molecule has 0 aliphatic carbocycles. The Balaban J connectivity index is 2.51. The van der Waals surface area contributed by atoms with E-state index in [-0.39, 0.29) is 11.8 Å². The molecule has 1 saturated heterocycles. The van der Waals surface area contributed by atoms with Crippen molar-refractivity contribution in [1.82, 2.24) is 0 Å². The smallest absolute Gasteiger partial charge is 0.307 e. The van der Waals surface area contributed by atoms with Crippen molar-refractivity contribution in [3.63, 3.8) is 0 Å². The number of hydrogen-bond donors (Lipinski definition) is 2. The summed E-state index contributed by atoms with van der Waals surface area (Å²) in [5.41, 5.74) is 5.46. The average Bonchev–Trinajstić information content (AvgIpc) is 2.04.